The number of hydrogen-bond donors (Lipinski definition) is 3. The van der Waals surface area contributed by atoms with Crippen LogP contribution in [0.3, 0.4) is 0 Å². The summed E-state index contributed by atoms with van der Waals surface area (Å²) < 4.78 is 5.16. The number of rotatable bonds is 8. The molecule has 0 atom stereocenters. The van der Waals surface area contributed by atoms with Crippen LogP contribution in [0.5, 0.6) is 5.75 Å². The molecule has 1 aromatic rings. The topological polar surface area (TPSA) is 84.6 Å². The third-order valence-electron chi connectivity index (χ3n) is 2.43. The van der Waals surface area contributed by atoms with Gasteiger partial charge in [0.15, 0.2) is 0 Å². The fourth-order valence-electron chi connectivity index (χ4n) is 1.54. The molecule has 0 aliphatic carbocycles. The number of thioether (sulfide) groups is 1. The molecule has 0 saturated heterocycles. The number of aliphatic hydroxyl groups is 1. The van der Waals surface area contributed by atoms with Crippen LogP contribution in [0, 0.1) is 0 Å². The van der Waals surface area contributed by atoms with Gasteiger partial charge in [-0.25, -0.2) is 0 Å². The Morgan fingerprint density at radius 1 is 1.47 bits per heavy atom. The van der Waals surface area contributed by atoms with Gasteiger partial charge >= 0.3 is 0 Å². The minimum absolute atomic E-state index is 0.0616. The molecule has 1 aromatic carbocycles. The summed E-state index contributed by atoms with van der Waals surface area (Å²) in [5.74, 6) is 2.11. The predicted octanol–water partition coefficient (Wildman–Crippen LogP) is 1.72. The number of nitrogens with one attached hydrogen (secondary N) is 1. The lowest BCUT2D eigenvalue weighted by Crippen LogP contribution is -2.12. The van der Waals surface area contributed by atoms with Crippen LogP contribution in [0.15, 0.2) is 18.2 Å². The highest BCUT2D eigenvalue weighted by molar-refractivity contribution is 7.99. The van der Waals surface area contributed by atoms with E-state index in [1.54, 1.807) is 37.1 Å². The fourth-order valence-corrected chi connectivity index (χ4v) is 2.22. The van der Waals surface area contributed by atoms with Gasteiger partial charge in [0, 0.05) is 17.9 Å². The van der Waals surface area contributed by atoms with Gasteiger partial charge in [0.05, 0.1) is 19.4 Å². The Morgan fingerprint density at radius 3 is 2.95 bits per heavy atom. The molecule has 0 aliphatic rings. The van der Waals surface area contributed by atoms with Crippen molar-refractivity contribution in [3.63, 3.8) is 0 Å². The van der Waals surface area contributed by atoms with E-state index >= 15 is 0 Å². The number of anilines is 2. The maximum absolute atomic E-state index is 11.8. The van der Waals surface area contributed by atoms with Gasteiger partial charge in [0.1, 0.15) is 5.75 Å². The van der Waals surface area contributed by atoms with Crippen molar-refractivity contribution < 1.29 is 14.6 Å². The number of carbonyl (C=O) groups is 1. The second kappa shape index (κ2) is 8.66. The van der Waals surface area contributed by atoms with Gasteiger partial charge in [-0.3, -0.25) is 4.79 Å². The van der Waals surface area contributed by atoms with E-state index in [0.29, 0.717) is 29.3 Å². The summed E-state index contributed by atoms with van der Waals surface area (Å²) in [4.78, 5) is 11.8. The number of amides is 1. The molecule has 5 nitrogen and oxygen atoms in total. The van der Waals surface area contributed by atoms with Gasteiger partial charge in [-0.15, -0.1) is 0 Å². The molecule has 4 N–H and O–H groups in total. The van der Waals surface area contributed by atoms with E-state index < -0.39 is 0 Å². The van der Waals surface area contributed by atoms with Crippen LogP contribution in [0.4, 0.5) is 11.4 Å². The van der Waals surface area contributed by atoms with Gasteiger partial charge < -0.3 is 20.9 Å². The Bertz CT molecular complexity index is 413. The number of methoxy groups -OCH3 is 1. The molecular formula is C13H20N2O3S. The molecule has 0 radical (unpaired) electrons. The maximum atomic E-state index is 11.8. The lowest BCUT2D eigenvalue weighted by Gasteiger charge is -2.10. The highest BCUT2D eigenvalue weighted by atomic mass is 32.2. The molecule has 106 valence electrons. The molecule has 6 heteroatoms. The van der Waals surface area contributed by atoms with Crippen LogP contribution < -0.4 is 15.8 Å². The second-order valence-electron chi connectivity index (χ2n) is 3.95. The molecule has 0 fully saturated rings. The first-order valence-electron chi connectivity index (χ1n) is 6.09. The van der Waals surface area contributed by atoms with E-state index in [4.69, 9.17) is 15.6 Å². The van der Waals surface area contributed by atoms with E-state index in [1.807, 2.05) is 0 Å². The Kier molecular flexibility index (Phi) is 7.14. The highest BCUT2D eigenvalue weighted by Crippen LogP contribution is 2.26. The molecule has 1 rings (SSSR count). The third-order valence-corrected chi connectivity index (χ3v) is 3.47. The molecule has 0 heterocycles. The van der Waals surface area contributed by atoms with E-state index in [-0.39, 0.29) is 12.5 Å². The molecule has 0 unspecified atom stereocenters. The molecule has 1 amide bonds. The molecule has 0 saturated carbocycles. The number of ether oxygens (including phenoxy) is 1. The largest absolute Gasteiger partial charge is 0.495 e. The van der Waals surface area contributed by atoms with Gasteiger partial charge in [0.25, 0.3) is 0 Å². The standard InChI is InChI=1S/C13H20N2O3S/c1-18-12-5-4-10(14)9-11(12)15-13(17)3-2-7-19-8-6-16/h4-5,9,16H,2-3,6-8,14H2,1H3,(H,15,17). The normalized spacial score (nSPS) is 10.2. The summed E-state index contributed by atoms with van der Waals surface area (Å²) in [6, 6.07) is 5.12. The first-order chi connectivity index (χ1) is 9.17. The Balaban J connectivity index is 2.41. The van der Waals surface area contributed by atoms with Crippen molar-refractivity contribution >= 4 is 29.0 Å². The fraction of sp³-hybridized carbons (Fsp3) is 0.462. The monoisotopic (exact) mass is 284 g/mol. The van der Waals surface area contributed by atoms with E-state index in [9.17, 15) is 4.79 Å². The van der Waals surface area contributed by atoms with Crippen LogP contribution in [-0.2, 0) is 4.79 Å². The van der Waals surface area contributed by atoms with Gasteiger partial charge in [-0.2, -0.15) is 11.8 Å². The lowest BCUT2D eigenvalue weighted by atomic mass is 10.2. The van der Waals surface area contributed by atoms with Crippen LogP contribution in [-0.4, -0.2) is 36.2 Å². The van der Waals surface area contributed by atoms with Crippen molar-refractivity contribution in [2.45, 2.75) is 12.8 Å². The summed E-state index contributed by atoms with van der Waals surface area (Å²) in [6.45, 7) is 0.178. The zero-order valence-corrected chi connectivity index (χ0v) is 11.8. The van der Waals surface area contributed by atoms with Gasteiger partial charge in [-0.1, -0.05) is 0 Å². The van der Waals surface area contributed by atoms with Crippen LogP contribution in [0.25, 0.3) is 0 Å². The van der Waals surface area contributed by atoms with Crippen molar-refractivity contribution in [3.8, 4) is 5.75 Å². The summed E-state index contributed by atoms with van der Waals surface area (Å²) in [5.41, 5.74) is 6.85. The summed E-state index contributed by atoms with van der Waals surface area (Å²) in [6.07, 6.45) is 1.22. The van der Waals surface area contributed by atoms with E-state index in [2.05, 4.69) is 5.32 Å². The first-order valence-corrected chi connectivity index (χ1v) is 7.25. The number of nitrogens with two attached hydrogens (primary N) is 1. The highest BCUT2D eigenvalue weighted by Gasteiger charge is 2.07. The number of aliphatic hydroxyl groups excluding tert-OH is 1. The summed E-state index contributed by atoms with van der Waals surface area (Å²) >= 11 is 1.64. The third kappa shape index (κ3) is 5.85. The Labute approximate surface area is 117 Å². The zero-order chi connectivity index (χ0) is 14.1. The average Bonchev–Trinajstić information content (AvgIpc) is 2.39. The van der Waals surface area contributed by atoms with Crippen molar-refractivity contribution in [1.82, 2.24) is 0 Å². The maximum Gasteiger partial charge on any atom is 0.224 e. The van der Waals surface area contributed by atoms with Crippen molar-refractivity contribution in [2.24, 2.45) is 0 Å². The van der Waals surface area contributed by atoms with E-state index in [0.717, 1.165) is 12.2 Å². The first kappa shape index (κ1) is 15.7. The van der Waals surface area contributed by atoms with Crippen LogP contribution >= 0.6 is 11.8 Å². The van der Waals surface area contributed by atoms with Crippen LogP contribution in [0.2, 0.25) is 0 Å². The Morgan fingerprint density at radius 2 is 2.26 bits per heavy atom. The smallest absolute Gasteiger partial charge is 0.224 e. The minimum atomic E-state index is -0.0616. The zero-order valence-electron chi connectivity index (χ0n) is 11.0. The number of carbonyl (C=O) groups excluding carboxylic acids is 1. The quantitative estimate of drug-likeness (QED) is 0.500. The molecule has 0 aliphatic heterocycles. The van der Waals surface area contributed by atoms with Gasteiger partial charge in [0.2, 0.25) is 5.91 Å². The molecule has 0 aromatic heterocycles. The molecular weight excluding hydrogens is 264 g/mol. The number of nitrogen functional groups attached to an aromatic ring is 1. The van der Waals surface area contributed by atoms with Gasteiger partial charge in [-0.05, 0) is 30.4 Å². The van der Waals surface area contributed by atoms with Crippen molar-refractivity contribution in [3.05, 3.63) is 18.2 Å². The number of hydrogen-bond acceptors (Lipinski definition) is 5. The van der Waals surface area contributed by atoms with Crippen molar-refractivity contribution in [2.75, 3.05) is 36.3 Å². The SMILES string of the molecule is COc1ccc(N)cc1NC(=O)CCCSCCO. The molecule has 0 spiro atoms. The lowest BCUT2D eigenvalue weighted by molar-refractivity contribution is -0.116. The minimum Gasteiger partial charge on any atom is -0.495 e. The van der Waals surface area contributed by atoms with E-state index in [1.165, 1.54) is 0 Å². The Hall–Kier alpha value is -1.40. The predicted molar refractivity (Wildman–Crippen MR) is 79.7 cm³/mol. The summed E-state index contributed by atoms with van der Waals surface area (Å²) in [7, 11) is 1.55. The second-order valence-corrected chi connectivity index (χ2v) is 5.17. The van der Waals surface area contributed by atoms with Crippen LogP contribution in [0.1, 0.15) is 12.8 Å². The number of benzene rings is 1. The summed E-state index contributed by atoms with van der Waals surface area (Å²) in [5, 5.41) is 11.4. The molecule has 19 heavy (non-hydrogen) atoms. The van der Waals surface area contributed by atoms with Crippen molar-refractivity contribution in [1.29, 1.82) is 0 Å². The molecule has 0 bridgehead atoms. The average molecular weight is 284 g/mol.